The third-order valence-electron chi connectivity index (χ3n) is 9.29. The summed E-state index contributed by atoms with van der Waals surface area (Å²) < 4.78 is 5.34. The van der Waals surface area contributed by atoms with Crippen molar-refractivity contribution in [1.29, 1.82) is 0 Å². The van der Waals surface area contributed by atoms with Gasteiger partial charge in [-0.1, -0.05) is 6.42 Å². The number of rotatable bonds is 7. The number of carbonyl (C=O) groups excluding carboxylic acids is 3. The second kappa shape index (κ2) is 14.4. The van der Waals surface area contributed by atoms with E-state index in [0.717, 1.165) is 38.8 Å². The molecule has 4 aliphatic heterocycles. The summed E-state index contributed by atoms with van der Waals surface area (Å²) in [6.07, 6.45) is 7.66. The van der Waals surface area contributed by atoms with Gasteiger partial charge in [0.15, 0.2) is 11.5 Å². The number of urea groups is 1. The molecule has 1 aromatic heterocycles. The number of likely N-dealkylation sites (tertiary alicyclic amines) is 2. The highest BCUT2D eigenvalue weighted by atomic mass is 16.5. The SMILES string of the molecule is NC(=O)c1nnc(N2CCC[C@@H](NC(=O)N3CCC(N4CCCCC4)CC3)C2)nc1Nc1ccc(C(=O)N2CCOCC2)cc1. The first kappa shape index (κ1) is 31.0. The van der Waals surface area contributed by atoms with Gasteiger partial charge in [-0.15, -0.1) is 10.2 Å². The minimum Gasteiger partial charge on any atom is -0.378 e. The summed E-state index contributed by atoms with van der Waals surface area (Å²) in [6.45, 7) is 7.36. The molecular formula is C31H44N10O4. The van der Waals surface area contributed by atoms with Gasteiger partial charge in [0.1, 0.15) is 0 Å². The molecule has 4 N–H and O–H groups in total. The van der Waals surface area contributed by atoms with Crippen molar-refractivity contribution in [3.8, 4) is 0 Å². The summed E-state index contributed by atoms with van der Waals surface area (Å²) >= 11 is 0. The first-order chi connectivity index (χ1) is 21.9. The van der Waals surface area contributed by atoms with E-state index in [4.69, 9.17) is 10.5 Å². The van der Waals surface area contributed by atoms with Crippen molar-refractivity contribution in [2.45, 2.75) is 57.0 Å². The molecule has 2 aromatic rings. The number of benzene rings is 1. The minimum absolute atomic E-state index is 0.0139. The lowest BCUT2D eigenvalue weighted by molar-refractivity contribution is 0.0303. The Hall–Kier alpha value is -4.04. The van der Waals surface area contributed by atoms with E-state index in [1.807, 2.05) is 9.80 Å². The molecule has 4 fully saturated rings. The van der Waals surface area contributed by atoms with Crippen LogP contribution in [0, 0.1) is 0 Å². The Balaban J connectivity index is 1.06. The molecular weight excluding hydrogens is 576 g/mol. The van der Waals surface area contributed by atoms with Crippen LogP contribution >= 0.6 is 0 Å². The minimum atomic E-state index is -0.754. The monoisotopic (exact) mass is 620 g/mol. The van der Waals surface area contributed by atoms with Crippen molar-refractivity contribution < 1.29 is 19.1 Å². The van der Waals surface area contributed by atoms with Crippen molar-refractivity contribution >= 4 is 35.3 Å². The fourth-order valence-corrected chi connectivity index (χ4v) is 6.75. The second-order valence-electron chi connectivity index (χ2n) is 12.3. The number of aromatic nitrogens is 3. The van der Waals surface area contributed by atoms with Gasteiger partial charge in [0.25, 0.3) is 11.8 Å². The molecule has 14 nitrogen and oxygen atoms in total. The van der Waals surface area contributed by atoms with Crippen LogP contribution in [0.3, 0.4) is 0 Å². The van der Waals surface area contributed by atoms with Crippen molar-refractivity contribution in [1.82, 2.24) is 35.2 Å². The summed E-state index contributed by atoms with van der Waals surface area (Å²) in [5.74, 6) is -0.274. The number of anilines is 3. The number of nitrogens with one attached hydrogen (secondary N) is 2. The average Bonchev–Trinajstić information content (AvgIpc) is 3.09. The van der Waals surface area contributed by atoms with E-state index < -0.39 is 5.91 Å². The Morgan fingerprint density at radius 1 is 0.822 bits per heavy atom. The summed E-state index contributed by atoms with van der Waals surface area (Å²) in [7, 11) is 0. The van der Waals surface area contributed by atoms with Crippen LogP contribution in [0.4, 0.5) is 22.2 Å². The van der Waals surface area contributed by atoms with Gasteiger partial charge < -0.3 is 40.7 Å². The first-order valence-electron chi connectivity index (χ1n) is 16.3. The molecule has 5 heterocycles. The predicted octanol–water partition coefficient (Wildman–Crippen LogP) is 1.82. The van der Waals surface area contributed by atoms with E-state index in [-0.39, 0.29) is 29.5 Å². The Bertz CT molecular complexity index is 1340. The number of primary amides is 1. The summed E-state index contributed by atoms with van der Waals surface area (Å²) in [4.78, 5) is 51.1. The molecule has 4 saturated heterocycles. The van der Waals surface area contributed by atoms with E-state index in [2.05, 4.69) is 30.7 Å². The van der Waals surface area contributed by atoms with E-state index in [9.17, 15) is 14.4 Å². The average molecular weight is 621 g/mol. The lowest BCUT2D eigenvalue weighted by Crippen LogP contribution is -2.55. The molecule has 4 aliphatic rings. The third-order valence-corrected chi connectivity index (χ3v) is 9.29. The Labute approximate surface area is 263 Å². The number of amides is 4. The molecule has 0 saturated carbocycles. The van der Waals surface area contributed by atoms with Crippen LogP contribution in [0.25, 0.3) is 0 Å². The molecule has 6 rings (SSSR count). The van der Waals surface area contributed by atoms with Gasteiger partial charge >= 0.3 is 6.03 Å². The molecule has 4 amide bonds. The smallest absolute Gasteiger partial charge is 0.317 e. The molecule has 0 unspecified atom stereocenters. The third kappa shape index (κ3) is 7.61. The highest BCUT2D eigenvalue weighted by Crippen LogP contribution is 2.24. The Morgan fingerprint density at radius 2 is 1.56 bits per heavy atom. The van der Waals surface area contributed by atoms with Gasteiger partial charge in [-0.05, 0) is 75.9 Å². The van der Waals surface area contributed by atoms with Crippen LogP contribution in [0.2, 0.25) is 0 Å². The van der Waals surface area contributed by atoms with Crippen LogP contribution in [0.5, 0.6) is 0 Å². The largest absolute Gasteiger partial charge is 0.378 e. The molecule has 0 spiro atoms. The van der Waals surface area contributed by atoms with Gasteiger partial charge in [-0.2, -0.15) is 4.98 Å². The van der Waals surface area contributed by atoms with Crippen molar-refractivity contribution in [2.75, 3.05) is 75.8 Å². The Morgan fingerprint density at radius 3 is 2.27 bits per heavy atom. The van der Waals surface area contributed by atoms with E-state index in [1.54, 1.807) is 29.2 Å². The van der Waals surface area contributed by atoms with Crippen LogP contribution in [0.1, 0.15) is 65.8 Å². The standard InChI is InChI=1S/C31H44N10O4/c32-27(42)26-28(33-23-8-6-22(7-9-23)29(43)39-17-19-45-20-18-39)35-30(37-36-26)41-14-4-5-24(21-41)34-31(44)40-15-10-25(11-16-40)38-12-2-1-3-13-38/h6-9,24-25H,1-5,10-21H2,(H2,32,42)(H,34,44)(H,33,35,37)/t24-/m1/s1. The lowest BCUT2D eigenvalue weighted by Gasteiger charge is -2.41. The second-order valence-corrected chi connectivity index (χ2v) is 12.3. The normalized spacial score (nSPS) is 21.8. The molecule has 0 bridgehead atoms. The molecule has 0 radical (unpaired) electrons. The van der Waals surface area contributed by atoms with Gasteiger partial charge in [0.05, 0.1) is 13.2 Å². The number of morpholine rings is 1. The molecule has 1 aromatic carbocycles. The van der Waals surface area contributed by atoms with Crippen LogP contribution in [0.15, 0.2) is 24.3 Å². The molecule has 1 atom stereocenters. The van der Waals surface area contributed by atoms with Crippen molar-refractivity contribution in [3.05, 3.63) is 35.5 Å². The topological polar surface area (TPSA) is 162 Å². The number of hydrogen-bond acceptors (Lipinski definition) is 10. The zero-order chi connectivity index (χ0) is 31.2. The zero-order valence-corrected chi connectivity index (χ0v) is 25.8. The van der Waals surface area contributed by atoms with E-state index >= 15 is 0 Å². The van der Waals surface area contributed by atoms with Gasteiger partial charge in [-0.25, -0.2) is 4.79 Å². The Kier molecular flexibility index (Phi) is 9.89. The summed E-state index contributed by atoms with van der Waals surface area (Å²) in [5.41, 5.74) is 6.69. The van der Waals surface area contributed by atoms with Crippen molar-refractivity contribution in [2.24, 2.45) is 5.73 Å². The van der Waals surface area contributed by atoms with Crippen LogP contribution in [-0.4, -0.2) is 125 Å². The van der Waals surface area contributed by atoms with Crippen LogP contribution in [-0.2, 0) is 4.74 Å². The van der Waals surface area contributed by atoms with Gasteiger partial charge in [0, 0.05) is 62.6 Å². The summed E-state index contributed by atoms with van der Waals surface area (Å²) in [5, 5.41) is 14.7. The van der Waals surface area contributed by atoms with E-state index in [0.29, 0.717) is 62.6 Å². The fraction of sp³-hybridized carbons (Fsp3) is 0.613. The maximum Gasteiger partial charge on any atom is 0.317 e. The number of hydrogen-bond donors (Lipinski definition) is 3. The molecule has 0 aliphatic carbocycles. The number of ether oxygens (including phenoxy) is 1. The predicted molar refractivity (Wildman–Crippen MR) is 169 cm³/mol. The maximum absolute atomic E-state index is 13.2. The molecule has 45 heavy (non-hydrogen) atoms. The summed E-state index contributed by atoms with van der Waals surface area (Å²) in [6, 6.07) is 7.48. The van der Waals surface area contributed by atoms with Crippen molar-refractivity contribution in [3.63, 3.8) is 0 Å². The molecule has 242 valence electrons. The number of nitrogens with zero attached hydrogens (tertiary/aromatic N) is 7. The zero-order valence-electron chi connectivity index (χ0n) is 25.8. The molecule has 14 heteroatoms. The van der Waals surface area contributed by atoms with Gasteiger partial charge in [0.2, 0.25) is 5.95 Å². The van der Waals surface area contributed by atoms with Crippen LogP contribution < -0.4 is 21.3 Å². The van der Waals surface area contributed by atoms with Gasteiger partial charge in [-0.3, -0.25) is 9.59 Å². The quantitative estimate of drug-likeness (QED) is 0.416. The fourth-order valence-electron chi connectivity index (χ4n) is 6.75. The number of piperidine rings is 3. The van der Waals surface area contributed by atoms with E-state index in [1.165, 1.54) is 32.4 Å². The number of nitrogens with two attached hydrogens (primary N) is 1. The first-order valence-corrected chi connectivity index (χ1v) is 16.3. The lowest BCUT2D eigenvalue weighted by atomic mass is 10.00. The highest BCUT2D eigenvalue weighted by molar-refractivity contribution is 5.97. The maximum atomic E-state index is 13.2. The number of carbonyl (C=O) groups is 3. The highest BCUT2D eigenvalue weighted by Gasteiger charge is 2.30.